The van der Waals surface area contributed by atoms with Crippen LogP contribution >= 0.6 is 11.6 Å². The molecular formula is C13H12ClN5. The second-order valence-corrected chi connectivity index (χ2v) is 4.31. The molecule has 5 nitrogen and oxygen atoms in total. The number of aromatic nitrogens is 2. The van der Waals surface area contributed by atoms with Gasteiger partial charge in [-0.2, -0.15) is 10.2 Å². The van der Waals surface area contributed by atoms with Gasteiger partial charge in [0.1, 0.15) is 5.82 Å². The van der Waals surface area contributed by atoms with Crippen LogP contribution in [0.5, 0.6) is 0 Å². The van der Waals surface area contributed by atoms with Crippen molar-refractivity contribution in [2.45, 2.75) is 6.92 Å². The van der Waals surface area contributed by atoms with E-state index in [2.05, 4.69) is 20.6 Å². The Kier molecular flexibility index (Phi) is 3.83. The highest BCUT2D eigenvalue weighted by Crippen LogP contribution is 2.26. The largest absolute Gasteiger partial charge is 0.357 e. The van der Waals surface area contributed by atoms with Crippen molar-refractivity contribution in [3.63, 3.8) is 0 Å². The van der Waals surface area contributed by atoms with Crippen LogP contribution in [0.25, 0.3) is 0 Å². The van der Waals surface area contributed by atoms with E-state index in [1.807, 2.05) is 19.1 Å². The molecule has 1 heterocycles. The molecule has 19 heavy (non-hydrogen) atoms. The number of anilines is 3. The maximum absolute atomic E-state index is 8.79. The zero-order chi connectivity index (χ0) is 13.8. The Morgan fingerprint density at radius 3 is 2.68 bits per heavy atom. The Hall–Kier alpha value is -2.32. The van der Waals surface area contributed by atoms with Crippen molar-refractivity contribution in [1.82, 2.24) is 9.97 Å². The smallest absolute Gasteiger partial charge is 0.224 e. The van der Waals surface area contributed by atoms with Crippen molar-refractivity contribution in [3.05, 3.63) is 40.5 Å². The van der Waals surface area contributed by atoms with Gasteiger partial charge in [-0.15, -0.1) is 0 Å². The predicted octanol–water partition coefficient (Wildman–Crippen LogP) is 3.10. The van der Waals surface area contributed by atoms with Crippen molar-refractivity contribution in [2.75, 3.05) is 17.7 Å². The zero-order valence-corrected chi connectivity index (χ0v) is 11.3. The number of benzene rings is 1. The molecule has 0 bridgehead atoms. The van der Waals surface area contributed by atoms with Gasteiger partial charge in [0.25, 0.3) is 0 Å². The molecule has 0 aliphatic rings. The molecular weight excluding hydrogens is 262 g/mol. The summed E-state index contributed by atoms with van der Waals surface area (Å²) in [6.45, 7) is 1.88. The second-order valence-electron chi connectivity index (χ2n) is 3.90. The summed E-state index contributed by atoms with van der Waals surface area (Å²) in [6, 6.07) is 8.90. The Balaban J connectivity index is 2.31. The topological polar surface area (TPSA) is 73.6 Å². The van der Waals surface area contributed by atoms with Gasteiger partial charge in [0, 0.05) is 18.8 Å². The maximum Gasteiger partial charge on any atom is 0.224 e. The minimum atomic E-state index is 0.473. The fourth-order valence-corrected chi connectivity index (χ4v) is 1.80. The number of nitriles is 1. The zero-order valence-electron chi connectivity index (χ0n) is 10.5. The van der Waals surface area contributed by atoms with Gasteiger partial charge in [-0.1, -0.05) is 11.6 Å². The molecule has 0 atom stereocenters. The molecule has 0 radical (unpaired) electrons. The van der Waals surface area contributed by atoms with Gasteiger partial charge >= 0.3 is 0 Å². The molecule has 6 heteroatoms. The first-order valence-electron chi connectivity index (χ1n) is 5.62. The van der Waals surface area contributed by atoms with E-state index in [0.717, 1.165) is 5.69 Å². The van der Waals surface area contributed by atoms with E-state index >= 15 is 0 Å². The monoisotopic (exact) mass is 273 g/mol. The highest BCUT2D eigenvalue weighted by atomic mass is 35.5. The predicted molar refractivity (Wildman–Crippen MR) is 75.8 cm³/mol. The lowest BCUT2D eigenvalue weighted by Crippen LogP contribution is -2.02. The first-order chi connectivity index (χ1) is 9.12. The number of rotatable bonds is 3. The molecule has 0 spiro atoms. The lowest BCUT2D eigenvalue weighted by atomic mass is 10.2. The summed E-state index contributed by atoms with van der Waals surface area (Å²) >= 11 is 6.10. The summed E-state index contributed by atoms with van der Waals surface area (Å²) < 4.78 is 0. The lowest BCUT2D eigenvalue weighted by Gasteiger charge is -2.09. The number of hydrogen-bond acceptors (Lipinski definition) is 5. The van der Waals surface area contributed by atoms with E-state index in [-0.39, 0.29) is 0 Å². The Labute approximate surface area is 116 Å². The van der Waals surface area contributed by atoms with Crippen LogP contribution in [0, 0.1) is 18.3 Å². The van der Waals surface area contributed by atoms with Gasteiger partial charge in [0.2, 0.25) is 5.95 Å². The number of nitrogens with zero attached hydrogens (tertiary/aromatic N) is 3. The number of halogens is 1. The summed E-state index contributed by atoms with van der Waals surface area (Å²) in [5, 5.41) is 15.3. The van der Waals surface area contributed by atoms with Crippen LogP contribution < -0.4 is 10.6 Å². The third-order valence-corrected chi connectivity index (χ3v) is 2.75. The van der Waals surface area contributed by atoms with Gasteiger partial charge in [0.05, 0.1) is 22.3 Å². The molecule has 0 amide bonds. The van der Waals surface area contributed by atoms with Crippen LogP contribution in [0.1, 0.15) is 11.3 Å². The van der Waals surface area contributed by atoms with Gasteiger partial charge in [-0.05, 0) is 25.1 Å². The molecule has 0 aliphatic heterocycles. The Bertz CT molecular complexity index is 648. The standard InChI is InChI=1S/C13H12ClN5/c1-8-5-12(19-13(16-2)17-8)18-11-4-3-9(7-15)6-10(11)14/h3-6H,1-2H3,(H2,16,17,18,19). The molecule has 1 aromatic carbocycles. The van der Waals surface area contributed by atoms with Gasteiger partial charge in [0.15, 0.2) is 0 Å². The van der Waals surface area contributed by atoms with Crippen LogP contribution in [0.4, 0.5) is 17.5 Å². The number of nitrogens with one attached hydrogen (secondary N) is 2. The molecule has 0 unspecified atom stereocenters. The van der Waals surface area contributed by atoms with E-state index in [1.54, 1.807) is 25.2 Å². The Morgan fingerprint density at radius 2 is 2.05 bits per heavy atom. The van der Waals surface area contributed by atoms with E-state index in [4.69, 9.17) is 16.9 Å². The summed E-state index contributed by atoms with van der Waals surface area (Å²) in [7, 11) is 1.76. The minimum Gasteiger partial charge on any atom is -0.357 e. The molecule has 0 fully saturated rings. The molecule has 2 rings (SSSR count). The fraction of sp³-hybridized carbons (Fsp3) is 0.154. The number of aryl methyl sites for hydroxylation is 1. The average Bonchev–Trinajstić information content (AvgIpc) is 2.40. The highest BCUT2D eigenvalue weighted by molar-refractivity contribution is 6.33. The van der Waals surface area contributed by atoms with Crippen molar-refractivity contribution in [2.24, 2.45) is 0 Å². The molecule has 96 valence electrons. The normalized spacial score (nSPS) is 9.79. The molecule has 1 aromatic heterocycles. The number of hydrogen-bond donors (Lipinski definition) is 2. The van der Waals surface area contributed by atoms with Crippen LogP contribution in [-0.2, 0) is 0 Å². The van der Waals surface area contributed by atoms with E-state index in [0.29, 0.717) is 28.0 Å². The SMILES string of the molecule is CNc1nc(C)cc(Nc2ccc(C#N)cc2Cl)n1. The van der Waals surface area contributed by atoms with Crippen molar-refractivity contribution < 1.29 is 0 Å². The summed E-state index contributed by atoms with van der Waals surface area (Å²) in [5.74, 6) is 1.18. The van der Waals surface area contributed by atoms with Crippen LogP contribution in [0.3, 0.4) is 0 Å². The van der Waals surface area contributed by atoms with E-state index in [1.165, 1.54) is 0 Å². The lowest BCUT2D eigenvalue weighted by molar-refractivity contribution is 1.10. The van der Waals surface area contributed by atoms with Crippen molar-refractivity contribution >= 4 is 29.1 Å². The Morgan fingerprint density at radius 1 is 1.26 bits per heavy atom. The van der Waals surface area contributed by atoms with Gasteiger partial charge in [-0.25, -0.2) is 4.98 Å². The third kappa shape index (κ3) is 3.12. The summed E-state index contributed by atoms with van der Waals surface area (Å²) in [4.78, 5) is 8.48. The summed E-state index contributed by atoms with van der Waals surface area (Å²) in [6.07, 6.45) is 0. The van der Waals surface area contributed by atoms with E-state index in [9.17, 15) is 0 Å². The first kappa shape index (κ1) is 13.1. The second kappa shape index (κ2) is 5.55. The summed E-state index contributed by atoms with van der Waals surface area (Å²) in [5.41, 5.74) is 2.05. The first-order valence-corrected chi connectivity index (χ1v) is 6.00. The minimum absolute atomic E-state index is 0.473. The van der Waals surface area contributed by atoms with Gasteiger partial charge in [-0.3, -0.25) is 0 Å². The average molecular weight is 274 g/mol. The van der Waals surface area contributed by atoms with Crippen LogP contribution in [0.15, 0.2) is 24.3 Å². The molecule has 0 saturated heterocycles. The van der Waals surface area contributed by atoms with E-state index < -0.39 is 0 Å². The van der Waals surface area contributed by atoms with Crippen LogP contribution in [0.2, 0.25) is 5.02 Å². The highest BCUT2D eigenvalue weighted by Gasteiger charge is 2.05. The maximum atomic E-state index is 8.79. The van der Waals surface area contributed by atoms with Gasteiger partial charge < -0.3 is 10.6 Å². The molecule has 0 saturated carbocycles. The van der Waals surface area contributed by atoms with Crippen LogP contribution in [-0.4, -0.2) is 17.0 Å². The quantitative estimate of drug-likeness (QED) is 0.899. The third-order valence-electron chi connectivity index (χ3n) is 2.44. The molecule has 2 aromatic rings. The molecule has 2 N–H and O–H groups in total. The van der Waals surface area contributed by atoms with Crippen molar-refractivity contribution in [1.29, 1.82) is 5.26 Å². The molecule has 0 aliphatic carbocycles. The fourth-order valence-electron chi connectivity index (χ4n) is 1.57. The van der Waals surface area contributed by atoms with Crippen molar-refractivity contribution in [3.8, 4) is 6.07 Å².